The molecule has 0 aliphatic carbocycles. The Morgan fingerprint density at radius 3 is 2.55 bits per heavy atom. The summed E-state index contributed by atoms with van der Waals surface area (Å²) < 4.78 is 1.56. The summed E-state index contributed by atoms with van der Waals surface area (Å²) in [6.45, 7) is -0.0866. The molecule has 0 aliphatic heterocycles. The quantitative estimate of drug-likeness (QED) is 0.648. The van der Waals surface area contributed by atoms with E-state index in [9.17, 15) is 20.2 Å². The minimum Gasteiger partial charge on any atom is -0.390 e. The van der Waals surface area contributed by atoms with E-state index in [0.717, 1.165) is 6.07 Å². The Balaban J connectivity index is 2.35. The van der Waals surface area contributed by atoms with Gasteiger partial charge < -0.3 is 9.67 Å². The second-order valence-electron chi connectivity index (χ2n) is 4.02. The largest absolute Gasteiger partial charge is 0.390 e. The van der Waals surface area contributed by atoms with Gasteiger partial charge in [-0.25, -0.2) is 4.98 Å². The number of aliphatic hydroxyl groups excluding tert-OH is 1. The molecule has 1 aromatic heterocycles. The van der Waals surface area contributed by atoms with Crippen LogP contribution in [-0.2, 0) is 13.2 Å². The molecule has 2 aromatic rings. The molecule has 1 N–H and O–H groups in total. The lowest BCUT2D eigenvalue weighted by molar-refractivity contribution is -0.394. The van der Waals surface area contributed by atoms with Crippen LogP contribution in [0.25, 0.3) is 0 Å². The van der Waals surface area contributed by atoms with Crippen molar-refractivity contribution in [1.82, 2.24) is 9.55 Å². The third-order valence-corrected chi connectivity index (χ3v) is 2.68. The first-order chi connectivity index (χ1) is 9.51. The summed E-state index contributed by atoms with van der Waals surface area (Å²) in [5.74, 6) is 0. The van der Waals surface area contributed by atoms with Gasteiger partial charge in [0.25, 0.3) is 11.4 Å². The molecule has 2 rings (SSSR count). The van der Waals surface area contributed by atoms with E-state index in [2.05, 4.69) is 4.98 Å². The molecule has 1 heterocycles. The highest BCUT2D eigenvalue weighted by atomic mass is 16.6. The van der Waals surface area contributed by atoms with Gasteiger partial charge in [-0.15, -0.1) is 0 Å². The number of hydrogen-bond donors (Lipinski definition) is 1. The maximum atomic E-state index is 11.0. The van der Waals surface area contributed by atoms with Gasteiger partial charge in [0.05, 0.1) is 46.6 Å². The maximum absolute atomic E-state index is 11.0. The van der Waals surface area contributed by atoms with Crippen molar-refractivity contribution in [2.45, 2.75) is 13.2 Å². The summed E-state index contributed by atoms with van der Waals surface area (Å²) in [4.78, 5) is 24.1. The molecule has 0 fully saturated rings. The van der Waals surface area contributed by atoms with Crippen molar-refractivity contribution in [3.05, 3.63) is 62.2 Å². The van der Waals surface area contributed by atoms with Crippen molar-refractivity contribution in [2.24, 2.45) is 0 Å². The molecule has 9 heteroatoms. The molecule has 9 nitrogen and oxygen atoms in total. The second kappa shape index (κ2) is 5.45. The first kappa shape index (κ1) is 13.6. The number of aliphatic hydroxyl groups is 1. The summed E-state index contributed by atoms with van der Waals surface area (Å²) in [5.41, 5.74) is 0.109. The number of non-ortho nitro benzene ring substituents is 1. The van der Waals surface area contributed by atoms with Gasteiger partial charge in [-0.05, 0) is 6.07 Å². The number of imidazole rings is 1. The van der Waals surface area contributed by atoms with Gasteiger partial charge in [-0.3, -0.25) is 20.2 Å². The van der Waals surface area contributed by atoms with Crippen molar-refractivity contribution in [3.8, 4) is 0 Å². The number of rotatable bonds is 5. The average Bonchev–Trinajstić information content (AvgIpc) is 2.86. The van der Waals surface area contributed by atoms with Gasteiger partial charge in [-0.2, -0.15) is 0 Å². The highest BCUT2D eigenvalue weighted by Crippen LogP contribution is 2.25. The van der Waals surface area contributed by atoms with Gasteiger partial charge in [0.1, 0.15) is 0 Å². The Labute approximate surface area is 112 Å². The van der Waals surface area contributed by atoms with Gasteiger partial charge in [-0.1, -0.05) is 0 Å². The van der Waals surface area contributed by atoms with Gasteiger partial charge >= 0.3 is 0 Å². The van der Waals surface area contributed by atoms with E-state index in [1.165, 1.54) is 18.5 Å². The summed E-state index contributed by atoms with van der Waals surface area (Å²) in [5, 5.41) is 30.5. The lowest BCUT2D eigenvalue weighted by Gasteiger charge is -2.03. The Bertz CT molecular complexity index is 667. The Morgan fingerprint density at radius 1 is 1.25 bits per heavy atom. The first-order valence-corrected chi connectivity index (χ1v) is 5.54. The van der Waals surface area contributed by atoms with Crippen LogP contribution in [0.15, 0.2) is 30.7 Å². The lowest BCUT2D eigenvalue weighted by atomic mass is 10.1. The van der Waals surface area contributed by atoms with Crippen LogP contribution in [0, 0.1) is 20.2 Å². The normalized spacial score (nSPS) is 10.4. The van der Waals surface area contributed by atoms with E-state index >= 15 is 0 Å². The number of aromatic nitrogens is 2. The topological polar surface area (TPSA) is 124 Å². The molecular formula is C11H10N4O5. The predicted octanol–water partition coefficient (Wildman–Crippen LogP) is 1.24. The van der Waals surface area contributed by atoms with Crippen LogP contribution in [0.4, 0.5) is 11.4 Å². The minimum atomic E-state index is -0.683. The van der Waals surface area contributed by atoms with Crippen LogP contribution in [0.1, 0.15) is 11.3 Å². The summed E-state index contributed by atoms with van der Waals surface area (Å²) >= 11 is 0. The molecule has 0 saturated carbocycles. The molecule has 104 valence electrons. The zero-order valence-corrected chi connectivity index (χ0v) is 10.2. The molecule has 0 amide bonds. The van der Waals surface area contributed by atoms with E-state index in [1.54, 1.807) is 10.8 Å². The molecule has 0 unspecified atom stereocenters. The van der Waals surface area contributed by atoms with Gasteiger partial charge in [0.2, 0.25) is 0 Å². The molecule has 0 bridgehead atoms. The number of hydrogen-bond acceptors (Lipinski definition) is 6. The molecule has 0 saturated heterocycles. The molecule has 0 spiro atoms. The van der Waals surface area contributed by atoms with E-state index in [1.807, 2.05) is 0 Å². The Hall–Kier alpha value is -2.81. The van der Waals surface area contributed by atoms with E-state index in [0.29, 0.717) is 11.3 Å². The van der Waals surface area contributed by atoms with Crippen LogP contribution in [-0.4, -0.2) is 24.5 Å². The number of nitro groups is 2. The van der Waals surface area contributed by atoms with Crippen LogP contribution in [0.5, 0.6) is 0 Å². The monoisotopic (exact) mass is 278 g/mol. The van der Waals surface area contributed by atoms with Crippen LogP contribution < -0.4 is 0 Å². The molecular weight excluding hydrogens is 268 g/mol. The zero-order valence-electron chi connectivity index (χ0n) is 10.2. The fourth-order valence-corrected chi connectivity index (χ4v) is 1.74. The maximum Gasteiger partial charge on any atom is 0.281 e. The van der Waals surface area contributed by atoms with E-state index in [-0.39, 0.29) is 24.5 Å². The fourth-order valence-electron chi connectivity index (χ4n) is 1.74. The van der Waals surface area contributed by atoms with Gasteiger partial charge in [0, 0.05) is 12.3 Å². The first-order valence-electron chi connectivity index (χ1n) is 5.54. The molecule has 0 atom stereocenters. The predicted molar refractivity (Wildman–Crippen MR) is 67.0 cm³/mol. The average molecular weight is 278 g/mol. The molecule has 0 radical (unpaired) electrons. The molecule has 1 aromatic carbocycles. The highest BCUT2D eigenvalue weighted by Gasteiger charge is 2.19. The zero-order chi connectivity index (χ0) is 14.7. The van der Waals surface area contributed by atoms with Crippen LogP contribution >= 0.6 is 0 Å². The highest BCUT2D eigenvalue weighted by molar-refractivity contribution is 5.49. The van der Waals surface area contributed by atoms with Crippen molar-refractivity contribution in [2.75, 3.05) is 0 Å². The van der Waals surface area contributed by atoms with Crippen molar-refractivity contribution in [1.29, 1.82) is 0 Å². The number of nitrogens with zero attached hydrogens (tertiary/aromatic N) is 4. The molecule has 0 aliphatic rings. The van der Waals surface area contributed by atoms with Crippen LogP contribution in [0.2, 0.25) is 0 Å². The van der Waals surface area contributed by atoms with Gasteiger partial charge in [0.15, 0.2) is 0 Å². The molecule has 20 heavy (non-hydrogen) atoms. The SMILES string of the molecule is O=[N+]([O-])c1ccc(Cn2cnc(CO)c2)c([N+](=O)[O-])c1. The third-order valence-electron chi connectivity index (χ3n) is 2.68. The van der Waals surface area contributed by atoms with Crippen LogP contribution in [0.3, 0.4) is 0 Å². The van der Waals surface area contributed by atoms with Crippen molar-refractivity contribution in [3.63, 3.8) is 0 Å². The van der Waals surface area contributed by atoms with E-state index < -0.39 is 9.85 Å². The smallest absolute Gasteiger partial charge is 0.281 e. The number of nitro benzene ring substituents is 2. The number of benzene rings is 1. The van der Waals surface area contributed by atoms with E-state index in [4.69, 9.17) is 5.11 Å². The Morgan fingerprint density at radius 2 is 2.00 bits per heavy atom. The summed E-state index contributed by atoms with van der Waals surface area (Å²) in [6.07, 6.45) is 2.97. The lowest BCUT2D eigenvalue weighted by Crippen LogP contribution is -2.02. The fraction of sp³-hybridized carbons (Fsp3) is 0.182. The second-order valence-corrected chi connectivity index (χ2v) is 4.02. The Kier molecular flexibility index (Phi) is 3.71. The summed E-state index contributed by atoms with van der Waals surface area (Å²) in [6, 6.07) is 3.49. The van der Waals surface area contributed by atoms with Crippen molar-refractivity contribution < 1.29 is 15.0 Å². The standard InChI is InChI=1S/C11H10N4O5/c16-6-9-5-13(7-12-9)4-8-1-2-10(14(17)18)3-11(8)15(19)20/h1-3,5,7,16H,4,6H2. The van der Waals surface area contributed by atoms with Crippen molar-refractivity contribution >= 4 is 11.4 Å². The summed E-state index contributed by atoms with van der Waals surface area (Å²) in [7, 11) is 0. The minimum absolute atomic E-state index is 0.140. The third kappa shape index (κ3) is 2.78.